The van der Waals surface area contributed by atoms with Gasteiger partial charge in [0.25, 0.3) is 0 Å². The summed E-state index contributed by atoms with van der Waals surface area (Å²) in [6.45, 7) is 11.8. The molecule has 1 amide bonds. The number of hydrogen-bond donors (Lipinski definition) is 1. The van der Waals surface area contributed by atoms with Gasteiger partial charge in [0, 0.05) is 11.1 Å². The Bertz CT molecular complexity index is 724. The summed E-state index contributed by atoms with van der Waals surface area (Å²) in [5, 5.41) is 3.47. The van der Waals surface area contributed by atoms with Crippen LogP contribution in [-0.2, 0) is 14.8 Å². The molecule has 7 heteroatoms. The molecule has 0 aliphatic carbocycles. The van der Waals surface area contributed by atoms with Crippen molar-refractivity contribution in [1.82, 2.24) is 5.32 Å². The maximum atomic E-state index is 13.0. The van der Waals surface area contributed by atoms with Crippen LogP contribution in [0.1, 0.15) is 46.6 Å². The van der Waals surface area contributed by atoms with Gasteiger partial charge < -0.3 is 5.32 Å². The van der Waals surface area contributed by atoms with Gasteiger partial charge in [-0.25, -0.2) is 8.42 Å². The Labute approximate surface area is 163 Å². The Morgan fingerprint density at radius 3 is 2.15 bits per heavy atom. The van der Waals surface area contributed by atoms with Crippen molar-refractivity contribution in [2.24, 2.45) is 11.8 Å². The average molecular weight is 403 g/mol. The van der Waals surface area contributed by atoms with Crippen LogP contribution in [0.4, 0.5) is 5.69 Å². The summed E-state index contributed by atoms with van der Waals surface area (Å²) in [4.78, 5) is 13.0. The lowest BCUT2D eigenvalue weighted by Gasteiger charge is -2.34. The van der Waals surface area contributed by atoms with Crippen molar-refractivity contribution in [2.45, 2.75) is 60.0 Å². The van der Waals surface area contributed by atoms with Gasteiger partial charge in [-0.15, -0.1) is 0 Å². The second-order valence-corrected chi connectivity index (χ2v) is 9.73. The SMILES string of the molecule is CC[C@H](C(=O)NC(C(C)C)C(C)C)N(c1cc(Cl)ccc1C)S(C)(=O)=O. The quantitative estimate of drug-likeness (QED) is 0.714. The van der Waals surface area contributed by atoms with E-state index in [4.69, 9.17) is 11.6 Å². The molecular formula is C19H31ClN2O3S. The number of benzene rings is 1. The van der Waals surface area contributed by atoms with E-state index in [1.807, 2.05) is 34.6 Å². The van der Waals surface area contributed by atoms with Crippen molar-refractivity contribution in [3.63, 3.8) is 0 Å². The van der Waals surface area contributed by atoms with E-state index in [0.717, 1.165) is 11.8 Å². The van der Waals surface area contributed by atoms with Crippen molar-refractivity contribution in [1.29, 1.82) is 0 Å². The molecule has 1 aromatic rings. The molecule has 5 nitrogen and oxygen atoms in total. The molecule has 1 rings (SSSR count). The highest BCUT2D eigenvalue weighted by Crippen LogP contribution is 2.29. The van der Waals surface area contributed by atoms with Crippen LogP contribution in [-0.4, -0.2) is 32.7 Å². The third-order valence-corrected chi connectivity index (χ3v) is 5.88. The molecular weight excluding hydrogens is 372 g/mol. The average Bonchev–Trinajstić information content (AvgIpc) is 2.50. The fourth-order valence-electron chi connectivity index (χ4n) is 3.22. The molecule has 26 heavy (non-hydrogen) atoms. The molecule has 0 saturated heterocycles. The smallest absolute Gasteiger partial charge is 0.244 e. The molecule has 0 heterocycles. The summed E-state index contributed by atoms with van der Waals surface area (Å²) in [5.74, 6) is 0.205. The minimum atomic E-state index is -3.68. The summed E-state index contributed by atoms with van der Waals surface area (Å²) in [6.07, 6.45) is 1.47. The molecule has 0 radical (unpaired) electrons. The number of carbonyl (C=O) groups is 1. The number of carbonyl (C=O) groups excluding carboxylic acids is 1. The van der Waals surface area contributed by atoms with Crippen LogP contribution in [0, 0.1) is 18.8 Å². The van der Waals surface area contributed by atoms with Gasteiger partial charge in [-0.2, -0.15) is 0 Å². The van der Waals surface area contributed by atoms with E-state index in [1.54, 1.807) is 25.1 Å². The van der Waals surface area contributed by atoms with E-state index in [1.165, 1.54) is 4.31 Å². The van der Waals surface area contributed by atoms with Gasteiger partial charge in [-0.1, -0.05) is 52.3 Å². The molecule has 0 spiro atoms. The Kier molecular flexibility index (Phi) is 7.96. The van der Waals surface area contributed by atoms with E-state index < -0.39 is 16.1 Å². The third kappa shape index (κ3) is 5.61. The summed E-state index contributed by atoms with van der Waals surface area (Å²) in [6, 6.07) is 4.19. The van der Waals surface area contributed by atoms with Crippen LogP contribution in [0.2, 0.25) is 5.02 Å². The summed E-state index contributed by atoms with van der Waals surface area (Å²) < 4.78 is 26.3. The highest BCUT2D eigenvalue weighted by molar-refractivity contribution is 7.92. The van der Waals surface area contributed by atoms with Gasteiger partial charge in [0.05, 0.1) is 11.9 Å². The molecule has 1 atom stereocenters. The van der Waals surface area contributed by atoms with Gasteiger partial charge >= 0.3 is 0 Å². The second-order valence-electron chi connectivity index (χ2n) is 7.44. The van der Waals surface area contributed by atoms with Crippen LogP contribution >= 0.6 is 11.6 Å². The maximum Gasteiger partial charge on any atom is 0.244 e. The van der Waals surface area contributed by atoms with Gasteiger partial charge in [0.1, 0.15) is 6.04 Å². The Balaban J connectivity index is 3.35. The first-order valence-electron chi connectivity index (χ1n) is 8.96. The number of nitrogens with zero attached hydrogens (tertiary/aromatic N) is 1. The van der Waals surface area contributed by atoms with Crippen LogP contribution in [0.25, 0.3) is 0 Å². The Morgan fingerprint density at radius 2 is 1.73 bits per heavy atom. The Morgan fingerprint density at radius 1 is 1.19 bits per heavy atom. The number of rotatable bonds is 8. The van der Waals surface area contributed by atoms with E-state index in [0.29, 0.717) is 17.1 Å². The number of halogens is 1. The normalized spacial score (nSPS) is 13.3. The zero-order valence-corrected chi connectivity index (χ0v) is 18.3. The fraction of sp³-hybridized carbons (Fsp3) is 0.632. The van der Waals surface area contributed by atoms with Crippen molar-refractivity contribution in [3.8, 4) is 0 Å². The largest absolute Gasteiger partial charge is 0.351 e. The second kappa shape index (κ2) is 9.09. The summed E-state index contributed by atoms with van der Waals surface area (Å²) >= 11 is 6.08. The van der Waals surface area contributed by atoms with Crippen molar-refractivity contribution in [2.75, 3.05) is 10.6 Å². The number of anilines is 1. The van der Waals surface area contributed by atoms with Crippen LogP contribution in [0.15, 0.2) is 18.2 Å². The van der Waals surface area contributed by atoms with Crippen molar-refractivity contribution < 1.29 is 13.2 Å². The molecule has 0 fully saturated rings. The minimum absolute atomic E-state index is 0.0292. The minimum Gasteiger partial charge on any atom is -0.351 e. The molecule has 148 valence electrons. The van der Waals surface area contributed by atoms with Crippen LogP contribution in [0.3, 0.4) is 0 Å². The predicted octanol–water partition coefficient (Wildman–Crippen LogP) is 3.99. The lowest BCUT2D eigenvalue weighted by Crippen LogP contribution is -2.53. The molecule has 1 N–H and O–H groups in total. The number of amides is 1. The fourth-order valence-corrected chi connectivity index (χ4v) is 4.65. The lowest BCUT2D eigenvalue weighted by atomic mass is 9.93. The van der Waals surface area contributed by atoms with E-state index in [-0.39, 0.29) is 23.8 Å². The first-order chi connectivity index (χ1) is 11.9. The first-order valence-corrected chi connectivity index (χ1v) is 11.2. The summed E-state index contributed by atoms with van der Waals surface area (Å²) in [5.41, 5.74) is 1.18. The third-order valence-electron chi connectivity index (χ3n) is 4.48. The van der Waals surface area contributed by atoms with E-state index in [2.05, 4.69) is 5.32 Å². The molecule has 0 unspecified atom stereocenters. The number of sulfonamides is 1. The highest BCUT2D eigenvalue weighted by Gasteiger charge is 2.34. The number of hydrogen-bond acceptors (Lipinski definition) is 3. The standard InChI is InChI=1S/C19H31ClN2O3S/c1-8-16(19(23)21-18(12(2)3)13(4)5)22(26(7,24)25)17-11-15(20)10-9-14(17)6/h9-13,16,18H,8H2,1-7H3,(H,21,23)/t16-/m1/s1. The zero-order valence-electron chi connectivity index (χ0n) is 16.7. The van der Waals surface area contributed by atoms with Gasteiger partial charge in [-0.05, 0) is 42.9 Å². The van der Waals surface area contributed by atoms with Gasteiger partial charge in [-0.3, -0.25) is 9.10 Å². The molecule has 0 aliphatic rings. The first kappa shape index (κ1) is 22.8. The molecule has 0 bridgehead atoms. The lowest BCUT2D eigenvalue weighted by molar-refractivity contribution is -0.123. The Hall–Kier alpha value is -1.27. The molecule has 1 aromatic carbocycles. The monoisotopic (exact) mass is 402 g/mol. The predicted molar refractivity (Wildman–Crippen MR) is 109 cm³/mol. The van der Waals surface area contributed by atoms with Crippen molar-refractivity contribution in [3.05, 3.63) is 28.8 Å². The topological polar surface area (TPSA) is 66.5 Å². The molecule has 0 saturated carbocycles. The van der Waals surface area contributed by atoms with Crippen LogP contribution < -0.4 is 9.62 Å². The van der Waals surface area contributed by atoms with E-state index >= 15 is 0 Å². The highest BCUT2D eigenvalue weighted by atomic mass is 35.5. The number of nitrogens with one attached hydrogen (secondary N) is 1. The van der Waals surface area contributed by atoms with Gasteiger partial charge in [0.15, 0.2) is 0 Å². The molecule has 0 aromatic heterocycles. The maximum absolute atomic E-state index is 13.0. The van der Waals surface area contributed by atoms with E-state index in [9.17, 15) is 13.2 Å². The molecule has 0 aliphatic heterocycles. The van der Waals surface area contributed by atoms with Crippen molar-refractivity contribution >= 4 is 33.2 Å². The zero-order chi connectivity index (χ0) is 20.2. The van der Waals surface area contributed by atoms with Gasteiger partial charge in [0.2, 0.25) is 15.9 Å². The van der Waals surface area contributed by atoms with Crippen LogP contribution in [0.5, 0.6) is 0 Å². The summed E-state index contributed by atoms with van der Waals surface area (Å²) in [7, 11) is -3.68. The number of aryl methyl sites for hydroxylation is 1.